The van der Waals surface area contributed by atoms with Crippen LogP contribution in [0.15, 0.2) is 30.4 Å². The fourth-order valence-electron chi connectivity index (χ4n) is 6.27. The van der Waals surface area contributed by atoms with Crippen LogP contribution in [0, 0.1) is 24.7 Å². The quantitative estimate of drug-likeness (QED) is 0.505. The molecule has 0 radical (unpaired) electrons. The van der Waals surface area contributed by atoms with Crippen molar-refractivity contribution in [1.29, 1.82) is 0 Å². The number of aryl methyl sites for hydroxylation is 1. The first-order valence-electron chi connectivity index (χ1n) is 14.4. The van der Waals surface area contributed by atoms with E-state index in [1.54, 1.807) is 25.1 Å². The van der Waals surface area contributed by atoms with Gasteiger partial charge in [-0.1, -0.05) is 12.2 Å². The lowest BCUT2D eigenvalue weighted by molar-refractivity contribution is -0.145. The lowest BCUT2D eigenvalue weighted by Gasteiger charge is -2.26. The zero-order valence-electron chi connectivity index (χ0n) is 24.1. The molecule has 2 amide bonds. The average Bonchev–Trinajstić information content (AvgIpc) is 3.48. The van der Waals surface area contributed by atoms with Crippen LogP contribution in [0.25, 0.3) is 10.9 Å². The van der Waals surface area contributed by atoms with Crippen molar-refractivity contribution in [3.05, 3.63) is 35.9 Å². The number of methoxy groups -OCH3 is 1. The highest BCUT2D eigenvalue weighted by Gasteiger charge is 2.61. The van der Waals surface area contributed by atoms with E-state index in [0.29, 0.717) is 48.9 Å². The maximum atomic E-state index is 13.7. The Kier molecular flexibility index (Phi) is 8.11. The van der Waals surface area contributed by atoms with Gasteiger partial charge in [0.2, 0.25) is 17.7 Å². The van der Waals surface area contributed by atoms with Crippen LogP contribution in [0.5, 0.6) is 17.4 Å². The highest BCUT2D eigenvalue weighted by molar-refractivity contribution is 5.94. The number of aromatic nitrogens is 1. The number of nitrogens with one attached hydrogen (secondary N) is 1. The number of aliphatic carboxylic acids is 1. The average molecular weight is 566 g/mol. The molecule has 2 aromatic rings. The summed E-state index contributed by atoms with van der Waals surface area (Å²) in [6, 6.07) is 5.48. The molecule has 5 atom stereocenters. The van der Waals surface area contributed by atoms with Gasteiger partial charge in [0.1, 0.15) is 23.1 Å². The minimum absolute atomic E-state index is 0.115. The van der Waals surface area contributed by atoms with Gasteiger partial charge in [0, 0.05) is 36.5 Å². The second-order valence-electron chi connectivity index (χ2n) is 11.4. The van der Waals surface area contributed by atoms with Crippen molar-refractivity contribution in [2.75, 3.05) is 27.3 Å². The van der Waals surface area contributed by atoms with E-state index in [-0.39, 0.29) is 18.2 Å². The standard InChI is InChI=1S/C31H39N3O7/c1-5-40-26-16-25(21-11-12-24(39-4)18(2)27(21)32-26)41-20-14-22-23(15-20)29(36)34(3)13-9-7-6-8-10-19-17-31(19,30(37)38)33-28(22)35/h8,10-12,16,19-20,22-23H,5-7,9,13-15,17H2,1-4H3,(H,33,35)(H,37,38)/b10-8-/t19-,20-,22-,23-,31-/m1/s1. The molecule has 5 rings (SSSR count). The zero-order chi connectivity index (χ0) is 29.3. The third kappa shape index (κ3) is 5.56. The Morgan fingerprint density at radius 2 is 1.98 bits per heavy atom. The van der Waals surface area contributed by atoms with Crippen molar-refractivity contribution < 1.29 is 33.7 Å². The van der Waals surface area contributed by atoms with Gasteiger partial charge in [-0.15, -0.1) is 0 Å². The number of carbonyl (C=O) groups is 3. The maximum Gasteiger partial charge on any atom is 0.330 e. The number of hydrogen-bond donors (Lipinski definition) is 2. The van der Waals surface area contributed by atoms with E-state index >= 15 is 0 Å². The first-order chi connectivity index (χ1) is 19.7. The minimum Gasteiger partial charge on any atom is -0.496 e. The molecular formula is C31H39N3O7. The van der Waals surface area contributed by atoms with E-state index in [0.717, 1.165) is 30.2 Å². The second-order valence-corrected chi connectivity index (χ2v) is 11.4. The summed E-state index contributed by atoms with van der Waals surface area (Å²) >= 11 is 0. The molecule has 1 aliphatic heterocycles. The summed E-state index contributed by atoms with van der Waals surface area (Å²) in [4.78, 5) is 45.9. The summed E-state index contributed by atoms with van der Waals surface area (Å²) in [5.41, 5.74) is 0.214. The summed E-state index contributed by atoms with van der Waals surface area (Å²) in [7, 11) is 3.37. The first kappa shape index (κ1) is 28.7. The van der Waals surface area contributed by atoms with Crippen LogP contribution in [0.2, 0.25) is 0 Å². The molecule has 0 bridgehead atoms. The summed E-state index contributed by atoms with van der Waals surface area (Å²) in [5.74, 6) is -1.49. The predicted octanol–water partition coefficient (Wildman–Crippen LogP) is 3.88. The molecule has 1 aromatic heterocycles. The van der Waals surface area contributed by atoms with Gasteiger partial charge in [0.25, 0.3) is 0 Å². The smallest absolute Gasteiger partial charge is 0.330 e. The van der Waals surface area contributed by atoms with Gasteiger partial charge in [-0.25, -0.2) is 9.78 Å². The topological polar surface area (TPSA) is 127 Å². The number of pyridine rings is 1. The molecule has 0 unspecified atom stereocenters. The van der Waals surface area contributed by atoms with E-state index in [9.17, 15) is 19.5 Å². The molecule has 3 aliphatic rings. The number of carboxylic acid groups (broad SMARTS) is 1. The predicted molar refractivity (Wildman–Crippen MR) is 152 cm³/mol. The number of carboxylic acids is 1. The van der Waals surface area contributed by atoms with E-state index in [2.05, 4.69) is 10.3 Å². The van der Waals surface area contributed by atoms with Gasteiger partial charge < -0.3 is 29.5 Å². The fraction of sp³-hybridized carbons (Fsp3) is 0.548. The van der Waals surface area contributed by atoms with Crippen LogP contribution in [-0.4, -0.2) is 71.7 Å². The number of fused-ring (bicyclic) bond motifs is 3. The number of nitrogens with zero attached hydrogens (tertiary/aromatic N) is 2. The fourth-order valence-corrected chi connectivity index (χ4v) is 6.27. The number of ether oxygens (including phenoxy) is 3. The largest absolute Gasteiger partial charge is 0.496 e. The van der Waals surface area contributed by atoms with Gasteiger partial charge >= 0.3 is 5.97 Å². The highest BCUT2D eigenvalue weighted by atomic mass is 16.5. The SMILES string of the molecule is CCOc1cc(O[C@@H]2C[C@H]3C(=O)N[C@]4(C(=O)O)C[C@H]4/C=C\CCCCN(C)C(=O)[C@@H]3C2)c2ccc(OC)c(C)c2n1. The van der Waals surface area contributed by atoms with Gasteiger partial charge in [0.05, 0.1) is 31.1 Å². The van der Waals surface area contributed by atoms with Gasteiger partial charge in [-0.3, -0.25) is 9.59 Å². The van der Waals surface area contributed by atoms with Crippen LogP contribution in [0.3, 0.4) is 0 Å². The third-order valence-electron chi connectivity index (χ3n) is 8.70. The molecule has 10 heteroatoms. The summed E-state index contributed by atoms with van der Waals surface area (Å²) in [6.45, 7) is 4.82. The van der Waals surface area contributed by atoms with Gasteiger partial charge in [-0.05, 0) is 64.5 Å². The number of hydrogen-bond acceptors (Lipinski definition) is 7. The van der Waals surface area contributed by atoms with Crippen molar-refractivity contribution in [2.24, 2.45) is 17.8 Å². The van der Waals surface area contributed by atoms with Crippen LogP contribution in [0.4, 0.5) is 0 Å². The normalized spacial score (nSPS) is 29.1. The first-order valence-corrected chi connectivity index (χ1v) is 14.4. The van der Waals surface area contributed by atoms with E-state index in [4.69, 9.17) is 14.2 Å². The molecule has 2 heterocycles. The van der Waals surface area contributed by atoms with Crippen LogP contribution >= 0.6 is 0 Å². The molecule has 2 saturated carbocycles. The molecule has 0 saturated heterocycles. The van der Waals surface area contributed by atoms with Gasteiger partial charge in [-0.2, -0.15) is 0 Å². The van der Waals surface area contributed by atoms with Crippen molar-refractivity contribution in [3.8, 4) is 17.4 Å². The molecule has 10 nitrogen and oxygen atoms in total. The lowest BCUT2D eigenvalue weighted by atomic mass is 9.93. The Labute approximate surface area is 240 Å². The van der Waals surface area contributed by atoms with Gasteiger partial charge in [0.15, 0.2) is 0 Å². The van der Waals surface area contributed by atoms with Crippen LogP contribution < -0.4 is 19.5 Å². The van der Waals surface area contributed by atoms with Crippen molar-refractivity contribution >= 4 is 28.7 Å². The van der Waals surface area contributed by atoms with Crippen molar-refractivity contribution in [3.63, 3.8) is 0 Å². The van der Waals surface area contributed by atoms with E-state index < -0.39 is 35.4 Å². The maximum absolute atomic E-state index is 13.7. The summed E-state index contributed by atoms with van der Waals surface area (Å²) in [5, 5.41) is 13.6. The zero-order valence-corrected chi connectivity index (χ0v) is 24.1. The Hall–Kier alpha value is -3.82. The Morgan fingerprint density at radius 3 is 2.71 bits per heavy atom. The van der Waals surface area contributed by atoms with Crippen molar-refractivity contribution in [1.82, 2.24) is 15.2 Å². The number of amides is 2. The van der Waals surface area contributed by atoms with E-state index in [1.807, 2.05) is 38.1 Å². The summed E-state index contributed by atoms with van der Waals surface area (Å²) < 4.78 is 17.7. The summed E-state index contributed by atoms with van der Waals surface area (Å²) in [6.07, 6.45) is 6.97. The molecule has 41 heavy (non-hydrogen) atoms. The van der Waals surface area contributed by atoms with Crippen LogP contribution in [-0.2, 0) is 14.4 Å². The number of rotatable bonds is 6. The van der Waals surface area contributed by atoms with Crippen LogP contribution in [0.1, 0.15) is 51.0 Å². The highest BCUT2D eigenvalue weighted by Crippen LogP contribution is 2.47. The van der Waals surface area contributed by atoms with E-state index in [1.165, 1.54) is 0 Å². The second kappa shape index (κ2) is 11.6. The molecule has 220 valence electrons. The molecule has 2 aliphatic carbocycles. The molecule has 1 aromatic carbocycles. The molecule has 2 fully saturated rings. The Bertz CT molecular complexity index is 1380. The molecule has 0 spiro atoms. The number of carbonyl (C=O) groups excluding carboxylic acids is 2. The molecular weight excluding hydrogens is 526 g/mol. The third-order valence-corrected chi connectivity index (χ3v) is 8.70. The van der Waals surface area contributed by atoms with Crippen molar-refractivity contribution in [2.45, 2.75) is 64.0 Å². The lowest BCUT2D eigenvalue weighted by Crippen LogP contribution is -2.49. The Balaban J connectivity index is 1.46. The minimum atomic E-state index is -1.32. The number of allylic oxidation sites excluding steroid dienone is 1. The number of benzene rings is 1. The Morgan fingerprint density at radius 1 is 1.20 bits per heavy atom. The molecule has 2 N–H and O–H groups in total. The monoisotopic (exact) mass is 565 g/mol.